The highest BCUT2D eigenvalue weighted by molar-refractivity contribution is 7.91. The lowest BCUT2D eigenvalue weighted by atomic mass is 10.1. The van der Waals surface area contributed by atoms with Crippen LogP contribution in [0, 0.1) is 6.92 Å². The van der Waals surface area contributed by atoms with Crippen molar-refractivity contribution in [3.8, 4) is 0 Å². The molecule has 0 bridgehead atoms. The molecule has 21 heavy (non-hydrogen) atoms. The van der Waals surface area contributed by atoms with Gasteiger partial charge in [0.05, 0.1) is 16.5 Å². The van der Waals surface area contributed by atoms with Gasteiger partial charge in [-0.25, -0.2) is 8.42 Å². The molecule has 4 nitrogen and oxygen atoms in total. The Bertz CT molecular complexity index is 728. The quantitative estimate of drug-likeness (QED) is 0.888. The molecule has 0 heterocycles. The molecule has 0 amide bonds. The zero-order chi connectivity index (χ0) is 15.5. The van der Waals surface area contributed by atoms with Gasteiger partial charge in [-0.3, -0.25) is 4.72 Å². The molecular weight excluding hydrogens is 308 g/mol. The summed E-state index contributed by atoms with van der Waals surface area (Å²) in [4.78, 5) is 0. The lowest BCUT2D eigenvalue weighted by Crippen LogP contribution is -2.15. The first-order chi connectivity index (χ1) is 9.89. The first-order valence-electron chi connectivity index (χ1n) is 6.44. The second kappa shape index (κ2) is 6.47. The van der Waals surface area contributed by atoms with Crippen LogP contribution in [0.5, 0.6) is 0 Å². The van der Waals surface area contributed by atoms with Gasteiger partial charge >= 0.3 is 0 Å². The molecule has 0 fully saturated rings. The molecule has 0 atom stereocenters. The van der Waals surface area contributed by atoms with Crippen molar-refractivity contribution < 1.29 is 8.42 Å². The van der Waals surface area contributed by atoms with Crippen LogP contribution in [-0.4, -0.2) is 8.42 Å². The number of nitrogens with two attached hydrogens (primary N) is 1. The molecule has 2 aromatic carbocycles. The Morgan fingerprint density at radius 2 is 1.71 bits per heavy atom. The Kier molecular flexibility index (Phi) is 4.88. The smallest absolute Gasteiger partial charge is 0.236 e. The van der Waals surface area contributed by atoms with Crippen molar-refractivity contribution in [2.75, 3.05) is 4.72 Å². The topological polar surface area (TPSA) is 72.2 Å². The van der Waals surface area contributed by atoms with Crippen LogP contribution < -0.4 is 10.5 Å². The van der Waals surface area contributed by atoms with E-state index < -0.39 is 10.0 Å². The molecule has 112 valence electrons. The fourth-order valence-electron chi connectivity index (χ4n) is 1.90. The van der Waals surface area contributed by atoms with Crippen LogP contribution in [0.2, 0.25) is 5.02 Å². The number of anilines is 1. The molecule has 6 heteroatoms. The van der Waals surface area contributed by atoms with Gasteiger partial charge in [0.2, 0.25) is 10.0 Å². The minimum Gasteiger partial charge on any atom is -0.326 e. The molecular formula is C15H17ClN2O2S. The fraction of sp³-hybridized carbons (Fsp3) is 0.200. The van der Waals surface area contributed by atoms with Crippen LogP contribution in [0.1, 0.15) is 16.7 Å². The van der Waals surface area contributed by atoms with Gasteiger partial charge in [-0.1, -0.05) is 41.9 Å². The Balaban J connectivity index is 2.14. The molecule has 0 aliphatic rings. The number of rotatable bonds is 5. The Morgan fingerprint density at radius 1 is 1.10 bits per heavy atom. The zero-order valence-electron chi connectivity index (χ0n) is 11.6. The van der Waals surface area contributed by atoms with Crippen molar-refractivity contribution in [3.63, 3.8) is 0 Å². The maximum absolute atomic E-state index is 12.2. The van der Waals surface area contributed by atoms with Gasteiger partial charge in [-0.15, -0.1) is 0 Å². The van der Waals surface area contributed by atoms with E-state index in [2.05, 4.69) is 4.72 Å². The largest absolute Gasteiger partial charge is 0.326 e. The normalized spacial score (nSPS) is 11.4. The minimum absolute atomic E-state index is 0.109. The summed E-state index contributed by atoms with van der Waals surface area (Å²) >= 11 is 6.04. The predicted molar refractivity (Wildman–Crippen MR) is 86.8 cm³/mol. The molecule has 0 radical (unpaired) electrons. The van der Waals surface area contributed by atoms with Crippen molar-refractivity contribution in [2.45, 2.75) is 19.2 Å². The van der Waals surface area contributed by atoms with E-state index in [1.54, 1.807) is 30.3 Å². The zero-order valence-corrected chi connectivity index (χ0v) is 13.2. The highest BCUT2D eigenvalue weighted by Gasteiger charge is 2.13. The number of aryl methyl sites for hydroxylation is 1. The lowest BCUT2D eigenvalue weighted by molar-refractivity contribution is 0.600. The monoisotopic (exact) mass is 324 g/mol. The Hall–Kier alpha value is -1.56. The maximum atomic E-state index is 12.2. The average molecular weight is 325 g/mol. The maximum Gasteiger partial charge on any atom is 0.236 e. The number of nitrogens with one attached hydrogen (secondary N) is 1. The Labute approximate surface area is 130 Å². The summed E-state index contributed by atoms with van der Waals surface area (Å²) in [5.41, 5.74) is 8.54. The van der Waals surface area contributed by atoms with E-state index in [4.69, 9.17) is 17.3 Å². The van der Waals surface area contributed by atoms with Crippen molar-refractivity contribution in [1.82, 2.24) is 0 Å². The van der Waals surface area contributed by atoms with E-state index in [0.717, 1.165) is 11.1 Å². The summed E-state index contributed by atoms with van der Waals surface area (Å²) in [6.45, 7) is 2.33. The van der Waals surface area contributed by atoms with Crippen LogP contribution >= 0.6 is 11.6 Å². The minimum atomic E-state index is -3.51. The summed E-state index contributed by atoms with van der Waals surface area (Å²) in [5, 5.41) is 0.386. The molecule has 3 N–H and O–H groups in total. The van der Waals surface area contributed by atoms with Crippen LogP contribution in [0.25, 0.3) is 0 Å². The van der Waals surface area contributed by atoms with Gasteiger partial charge in [0, 0.05) is 6.54 Å². The molecule has 2 aromatic rings. The third-order valence-electron chi connectivity index (χ3n) is 3.01. The van der Waals surface area contributed by atoms with Gasteiger partial charge in [0.1, 0.15) is 0 Å². The highest BCUT2D eigenvalue weighted by atomic mass is 35.5. The fourth-order valence-corrected chi connectivity index (χ4v) is 3.45. The van der Waals surface area contributed by atoms with Gasteiger partial charge in [-0.05, 0) is 35.7 Å². The first kappa shape index (κ1) is 15.8. The molecule has 2 rings (SSSR count). The molecule has 0 aliphatic heterocycles. The van der Waals surface area contributed by atoms with Gasteiger partial charge in [0.25, 0.3) is 0 Å². The Morgan fingerprint density at radius 3 is 2.29 bits per heavy atom. The van der Waals surface area contributed by atoms with Crippen molar-refractivity contribution in [2.24, 2.45) is 5.73 Å². The molecule has 0 saturated carbocycles. The molecule has 0 saturated heterocycles. The van der Waals surface area contributed by atoms with E-state index in [1.165, 1.54) is 0 Å². The van der Waals surface area contributed by atoms with Gasteiger partial charge in [0.15, 0.2) is 0 Å². The van der Waals surface area contributed by atoms with Crippen LogP contribution in [-0.2, 0) is 22.3 Å². The van der Waals surface area contributed by atoms with E-state index in [1.807, 2.05) is 19.1 Å². The van der Waals surface area contributed by atoms with Crippen LogP contribution in [0.15, 0.2) is 42.5 Å². The summed E-state index contributed by atoms with van der Waals surface area (Å²) in [5.74, 6) is -0.109. The first-order valence-corrected chi connectivity index (χ1v) is 8.47. The number of hydrogen-bond acceptors (Lipinski definition) is 3. The molecule has 0 aliphatic carbocycles. The van der Waals surface area contributed by atoms with Crippen molar-refractivity contribution >= 4 is 27.3 Å². The van der Waals surface area contributed by atoms with E-state index in [0.29, 0.717) is 22.8 Å². The number of hydrogen-bond donors (Lipinski definition) is 2. The summed E-state index contributed by atoms with van der Waals surface area (Å²) < 4.78 is 26.8. The van der Waals surface area contributed by atoms with Crippen LogP contribution in [0.3, 0.4) is 0 Å². The van der Waals surface area contributed by atoms with Gasteiger partial charge < -0.3 is 5.73 Å². The SMILES string of the molecule is Cc1ccc(NS(=O)(=O)Cc2ccc(CN)cc2)c(Cl)c1. The van der Waals surface area contributed by atoms with E-state index in [-0.39, 0.29) is 5.75 Å². The second-order valence-electron chi connectivity index (χ2n) is 4.87. The standard InChI is InChI=1S/C15H17ClN2O2S/c1-11-2-7-15(14(16)8-11)18-21(19,20)10-13-5-3-12(9-17)4-6-13/h2-8,18H,9-10,17H2,1H3. The third-order valence-corrected chi connectivity index (χ3v) is 4.56. The third kappa shape index (κ3) is 4.46. The highest BCUT2D eigenvalue weighted by Crippen LogP contribution is 2.24. The lowest BCUT2D eigenvalue weighted by Gasteiger charge is -2.10. The van der Waals surface area contributed by atoms with Gasteiger partial charge in [-0.2, -0.15) is 0 Å². The van der Waals surface area contributed by atoms with E-state index >= 15 is 0 Å². The number of halogens is 1. The number of sulfonamides is 1. The molecule has 0 unspecified atom stereocenters. The average Bonchev–Trinajstić information content (AvgIpc) is 2.42. The second-order valence-corrected chi connectivity index (χ2v) is 6.99. The predicted octanol–water partition coefficient (Wildman–Crippen LogP) is 3.05. The van der Waals surface area contributed by atoms with E-state index in [9.17, 15) is 8.42 Å². The molecule has 0 aromatic heterocycles. The van der Waals surface area contributed by atoms with Crippen LogP contribution in [0.4, 0.5) is 5.69 Å². The summed E-state index contributed by atoms with van der Waals surface area (Å²) in [6.07, 6.45) is 0. The number of benzene rings is 2. The molecule has 0 spiro atoms. The summed E-state index contributed by atoms with van der Waals surface area (Å²) in [7, 11) is -3.51. The van der Waals surface area contributed by atoms with Crippen molar-refractivity contribution in [1.29, 1.82) is 0 Å². The van der Waals surface area contributed by atoms with Crippen molar-refractivity contribution in [3.05, 3.63) is 64.2 Å². The summed E-state index contributed by atoms with van der Waals surface area (Å²) in [6, 6.07) is 12.4.